The average molecular weight is 300 g/mol. The van der Waals surface area contributed by atoms with E-state index in [1.807, 2.05) is 20.1 Å². The predicted octanol–water partition coefficient (Wildman–Crippen LogP) is 2.91. The molecule has 0 aromatic heterocycles. The lowest BCUT2D eigenvalue weighted by atomic mass is 10.1. The molecule has 0 bridgehead atoms. The molecule has 0 aliphatic rings. The molecule has 0 saturated carbocycles. The van der Waals surface area contributed by atoms with Crippen LogP contribution in [-0.4, -0.2) is 28.4 Å². The van der Waals surface area contributed by atoms with Crippen LogP contribution in [0.15, 0.2) is 12.1 Å². The molecule has 0 fully saturated rings. The molecule has 0 aliphatic heterocycles. The highest BCUT2D eigenvalue weighted by molar-refractivity contribution is 7.99. The van der Waals surface area contributed by atoms with Crippen molar-refractivity contribution in [3.63, 3.8) is 0 Å². The summed E-state index contributed by atoms with van der Waals surface area (Å²) in [6, 6.07) is 2.07. The topological polar surface area (TPSA) is 72.2 Å². The number of aryl methyl sites for hydroxylation is 1. The van der Waals surface area contributed by atoms with Crippen LogP contribution in [0.2, 0.25) is 0 Å². The van der Waals surface area contributed by atoms with Crippen molar-refractivity contribution < 1.29 is 14.1 Å². The molecule has 1 rings (SSSR count). The highest BCUT2D eigenvalue weighted by Crippen LogP contribution is 2.22. The molecule has 1 aromatic carbocycles. The number of nitro groups is 1. The van der Waals surface area contributed by atoms with E-state index >= 15 is 0 Å². The predicted molar refractivity (Wildman–Crippen MR) is 77.7 cm³/mol. The molecule has 0 atom stereocenters. The second kappa shape index (κ2) is 6.21. The monoisotopic (exact) mass is 300 g/mol. The van der Waals surface area contributed by atoms with E-state index in [2.05, 4.69) is 5.32 Å². The van der Waals surface area contributed by atoms with E-state index in [1.54, 1.807) is 11.8 Å². The van der Waals surface area contributed by atoms with Crippen molar-refractivity contribution in [1.82, 2.24) is 5.32 Å². The number of thioether (sulfide) groups is 1. The molecule has 7 heteroatoms. The fourth-order valence-corrected chi connectivity index (χ4v) is 1.70. The molecule has 5 nitrogen and oxygen atoms in total. The number of nitrogens with zero attached hydrogens (tertiary/aromatic N) is 1. The van der Waals surface area contributed by atoms with Crippen LogP contribution in [0, 0.1) is 22.9 Å². The van der Waals surface area contributed by atoms with E-state index in [0.29, 0.717) is 6.54 Å². The van der Waals surface area contributed by atoms with Crippen molar-refractivity contribution in [1.29, 1.82) is 0 Å². The summed E-state index contributed by atoms with van der Waals surface area (Å²) in [5.74, 6) is -1.37. The summed E-state index contributed by atoms with van der Waals surface area (Å²) in [4.78, 5) is 22.1. The Morgan fingerprint density at radius 3 is 2.60 bits per heavy atom. The molecule has 0 radical (unpaired) electrons. The van der Waals surface area contributed by atoms with E-state index in [4.69, 9.17) is 0 Å². The molecule has 0 spiro atoms. The quantitative estimate of drug-likeness (QED) is 0.670. The number of halogens is 1. The van der Waals surface area contributed by atoms with Crippen molar-refractivity contribution in [2.45, 2.75) is 25.5 Å². The second-order valence-electron chi connectivity index (χ2n) is 5.03. The van der Waals surface area contributed by atoms with Gasteiger partial charge in [0.15, 0.2) is 0 Å². The third kappa shape index (κ3) is 3.93. The van der Waals surface area contributed by atoms with Gasteiger partial charge >= 0.3 is 0 Å². The number of nitrogens with one attached hydrogen (secondary N) is 1. The molecule has 0 heterocycles. The summed E-state index contributed by atoms with van der Waals surface area (Å²) in [6.07, 6.45) is 1.91. The standard InChI is InChI=1S/C13H17FN2O3S/c1-8-5-9(16(18)19)6-10(11(8)14)12(17)15-7-13(2,3)20-4/h5-6H,7H2,1-4H3,(H,15,17). The Morgan fingerprint density at radius 1 is 1.50 bits per heavy atom. The molecule has 1 N–H and O–H groups in total. The minimum atomic E-state index is -0.727. The molecule has 1 aromatic rings. The van der Waals surface area contributed by atoms with E-state index in [0.717, 1.165) is 12.1 Å². The molecular formula is C13H17FN2O3S. The van der Waals surface area contributed by atoms with Crippen LogP contribution in [0.3, 0.4) is 0 Å². The fourth-order valence-electron chi connectivity index (χ4n) is 1.48. The van der Waals surface area contributed by atoms with E-state index in [-0.39, 0.29) is 21.6 Å². The van der Waals surface area contributed by atoms with Gasteiger partial charge in [-0.1, -0.05) is 0 Å². The van der Waals surface area contributed by atoms with Crippen molar-refractivity contribution >= 4 is 23.4 Å². The molecule has 1 amide bonds. The molecule has 0 aliphatic carbocycles. The molecule has 20 heavy (non-hydrogen) atoms. The van der Waals surface area contributed by atoms with Crippen molar-refractivity contribution in [3.05, 3.63) is 39.2 Å². The lowest BCUT2D eigenvalue weighted by molar-refractivity contribution is -0.385. The summed E-state index contributed by atoms with van der Waals surface area (Å²) in [5.41, 5.74) is -0.514. The highest BCUT2D eigenvalue weighted by Gasteiger charge is 2.22. The Kier molecular flexibility index (Phi) is 5.10. The zero-order valence-electron chi connectivity index (χ0n) is 11.8. The van der Waals surface area contributed by atoms with Gasteiger partial charge < -0.3 is 5.32 Å². The van der Waals surface area contributed by atoms with Crippen LogP contribution in [0.1, 0.15) is 29.8 Å². The van der Waals surface area contributed by atoms with Crippen LogP contribution >= 0.6 is 11.8 Å². The Labute approximate surface area is 121 Å². The van der Waals surface area contributed by atoms with Gasteiger partial charge in [-0.15, -0.1) is 0 Å². The van der Waals surface area contributed by atoms with Gasteiger partial charge in [-0.3, -0.25) is 14.9 Å². The first-order valence-corrected chi connectivity index (χ1v) is 7.18. The van der Waals surface area contributed by atoms with Gasteiger partial charge in [0.2, 0.25) is 0 Å². The number of hydrogen-bond donors (Lipinski definition) is 1. The number of benzene rings is 1. The van der Waals surface area contributed by atoms with Crippen LogP contribution in [0.4, 0.5) is 10.1 Å². The van der Waals surface area contributed by atoms with Crippen molar-refractivity contribution in [2.75, 3.05) is 12.8 Å². The Bertz CT molecular complexity index is 547. The second-order valence-corrected chi connectivity index (χ2v) is 6.54. The first kappa shape index (κ1) is 16.4. The van der Waals surface area contributed by atoms with E-state index < -0.39 is 16.6 Å². The lowest BCUT2D eigenvalue weighted by Crippen LogP contribution is -2.36. The third-order valence-electron chi connectivity index (χ3n) is 2.92. The molecule has 0 unspecified atom stereocenters. The zero-order chi connectivity index (χ0) is 15.5. The maximum absolute atomic E-state index is 13.9. The summed E-state index contributed by atoms with van der Waals surface area (Å²) in [6.45, 7) is 5.61. The van der Waals surface area contributed by atoms with Gasteiger partial charge in [0.1, 0.15) is 5.82 Å². The van der Waals surface area contributed by atoms with Gasteiger partial charge in [-0.05, 0) is 32.6 Å². The van der Waals surface area contributed by atoms with Crippen LogP contribution < -0.4 is 5.32 Å². The number of amides is 1. The van der Waals surface area contributed by atoms with Crippen LogP contribution in [0.25, 0.3) is 0 Å². The van der Waals surface area contributed by atoms with Crippen LogP contribution in [-0.2, 0) is 0 Å². The zero-order valence-corrected chi connectivity index (χ0v) is 12.6. The van der Waals surface area contributed by atoms with Gasteiger partial charge in [-0.25, -0.2) is 4.39 Å². The SMILES string of the molecule is CSC(C)(C)CNC(=O)c1cc([N+](=O)[O-])cc(C)c1F. The summed E-state index contributed by atoms with van der Waals surface area (Å²) >= 11 is 1.56. The molecule has 110 valence electrons. The normalized spacial score (nSPS) is 11.2. The first-order valence-electron chi connectivity index (χ1n) is 5.96. The highest BCUT2D eigenvalue weighted by atomic mass is 32.2. The maximum Gasteiger partial charge on any atom is 0.270 e. The Balaban J connectivity index is 3.01. The van der Waals surface area contributed by atoms with E-state index in [1.165, 1.54) is 6.92 Å². The fraction of sp³-hybridized carbons (Fsp3) is 0.462. The Hall–Kier alpha value is -1.63. The smallest absolute Gasteiger partial charge is 0.270 e. The molecule has 0 saturated heterocycles. The van der Waals surface area contributed by atoms with Gasteiger partial charge in [0.05, 0.1) is 10.5 Å². The summed E-state index contributed by atoms with van der Waals surface area (Å²) in [5, 5.41) is 13.4. The number of nitro benzene ring substituents is 1. The number of carbonyl (C=O) groups excluding carboxylic acids is 1. The molecular weight excluding hydrogens is 283 g/mol. The van der Waals surface area contributed by atoms with Crippen LogP contribution in [0.5, 0.6) is 0 Å². The van der Waals surface area contributed by atoms with Crippen molar-refractivity contribution in [2.24, 2.45) is 0 Å². The number of rotatable bonds is 5. The van der Waals surface area contributed by atoms with Gasteiger partial charge in [0.25, 0.3) is 11.6 Å². The summed E-state index contributed by atoms with van der Waals surface area (Å²) < 4.78 is 13.7. The number of carbonyl (C=O) groups is 1. The largest absolute Gasteiger partial charge is 0.351 e. The Morgan fingerprint density at radius 2 is 2.10 bits per heavy atom. The first-order chi connectivity index (χ1) is 9.18. The summed E-state index contributed by atoms with van der Waals surface area (Å²) in [7, 11) is 0. The van der Waals surface area contributed by atoms with Crippen molar-refractivity contribution in [3.8, 4) is 0 Å². The minimum absolute atomic E-state index is 0.0773. The lowest BCUT2D eigenvalue weighted by Gasteiger charge is -2.22. The number of hydrogen-bond acceptors (Lipinski definition) is 4. The number of non-ortho nitro benzene ring substituents is 1. The average Bonchev–Trinajstić information content (AvgIpc) is 2.38. The maximum atomic E-state index is 13.9. The third-order valence-corrected chi connectivity index (χ3v) is 4.17. The van der Waals surface area contributed by atoms with Gasteiger partial charge in [0, 0.05) is 23.4 Å². The van der Waals surface area contributed by atoms with E-state index in [9.17, 15) is 19.3 Å². The van der Waals surface area contributed by atoms with Gasteiger partial charge in [-0.2, -0.15) is 11.8 Å². The minimum Gasteiger partial charge on any atom is -0.351 e.